The molecule has 11 heteroatoms. The molecule has 2 aliphatic heterocycles. The third-order valence-corrected chi connectivity index (χ3v) is 6.70. The molecule has 1 aromatic carbocycles. The van der Waals surface area contributed by atoms with Crippen LogP contribution in [-0.2, 0) is 27.5 Å². The van der Waals surface area contributed by atoms with E-state index in [4.69, 9.17) is 9.15 Å². The average Bonchev–Trinajstić information content (AvgIpc) is 3.59. The van der Waals surface area contributed by atoms with Crippen LogP contribution in [0, 0.1) is 0 Å². The van der Waals surface area contributed by atoms with Gasteiger partial charge in [-0.2, -0.15) is 0 Å². The van der Waals surface area contributed by atoms with Gasteiger partial charge in [0.25, 0.3) is 5.91 Å². The number of aromatic nitrogens is 1. The van der Waals surface area contributed by atoms with Gasteiger partial charge in [0.15, 0.2) is 0 Å². The van der Waals surface area contributed by atoms with Crippen LogP contribution in [0.15, 0.2) is 46.4 Å². The number of benzene rings is 1. The van der Waals surface area contributed by atoms with E-state index in [9.17, 15) is 19.2 Å². The zero-order valence-corrected chi connectivity index (χ0v) is 19.4. The Labute approximate surface area is 204 Å². The summed E-state index contributed by atoms with van der Waals surface area (Å²) >= 11 is 1.53. The van der Waals surface area contributed by atoms with Gasteiger partial charge in [-0.25, -0.2) is 4.98 Å². The van der Waals surface area contributed by atoms with Gasteiger partial charge in [-0.05, 0) is 41.6 Å². The van der Waals surface area contributed by atoms with E-state index in [1.165, 1.54) is 22.5 Å². The van der Waals surface area contributed by atoms with Crippen molar-refractivity contribution in [3.8, 4) is 16.5 Å². The molecule has 2 aromatic heterocycles. The zero-order valence-electron chi connectivity index (χ0n) is 18.6. The molecule has 0 radical (unpaired) electrons. The first-order valence-corrected chi connectivity index (χ1v) is 12.0. The number of carbonyl (C=O) groups excluding carboxylic acids is 4. The van der Waals surface area contributed by atoms with E-state index >= 15 is 0 Å². The van der Waals surface area contributed by atoms with Crippen LogP contribution in [0.4, 0.5) is 0 Å². The van der Waals surface area contributed by atoms with Gasteiger partial charge in [0.1, 0.15) is 18.1 Å². The van der Waals surface area contributed by atoms with E-state index < -0.39 is 11.9 Å². The number of hydrogen-bond acceptors (Lipinski definition) is 8. The third kappa shape index (κ3) is 4.94. The first-order valence-electron chi connectivity index (χ1n) is 11.1. The van der Waals surface area contributed by atoms with E-state index in [2.05, 4.69) is 15.6 Å². The predicted molar refractivity (Wildman–Crippen MR) is 124 cm³/mol. The Hall–Kier alpha value is -3.99. The van der Waals surface area contributed by atoms with Crippen molar-refractivity contribution in [1.29, 1.82) is 0 Å². The number of nitrogens with one attached hydrogen (secondary N) is 2. The smallest absolute Gasteiger partial charge is 0.255 e. The van der Waals surface area contributed by atoms with E-state index in [0.29, 0.717) is 29.3 Å². The van der Waals surface area contributed by atoms with Crippen LogP contribution < -0.4 is 15.4 Å². The van der Waals surface area contributed by atoms with Gasteiger partial charge < -0.3 is 19.4 Å². The van der Waals surface area contributed by atoms with Gasteiger partial charge in [0.05, 0.1) is 30.1 Å². The number of nitrogens with zero attached hydrogens (tertiary/aromatic N) is 2. The summed E-state index contributed by atoms with van der Waals surface area (Å²) in [5.74, 6) is -0.135. The lowest BCUT2D eigenvalue weighted by Crippen LogP contribution is -2.52. The fraction of sp³-hybridized carbons (Fsp3) is 0.292. The lowest BCUT2D eigenvalue weighted by molar-refractivity contribution is -0.137. The molecule has 1 saturated heterocycles. The summed E-state index contributed by atoms with van der Waals surface area (Å²) < 4.78 is 11.2. The SMILES string of the molecule is O=C(CCOc1ccc2c(c1)CN(C1CCC(=O)NC1=O)C2=O)NCc1coc(-c2cccs2)n1. The number of hydrogen-bond donors (Lipinski definition) is 2. The van der Waals surface area contributed by atoms with Crippen molar-refractivity contribution < 1.29 is 28.3 Å². The molecule has 4 amide bonds. The monoisotopic (exact) mass is 494 g/mol. The third-order valence-electron chi connectivity index (χ3n) is 5.84. The maximum absolute atomic E-state index is 12.8. The Morgan fingerprint density at radius 3 is 2.97 bits per heavy atom. The Morgan fingerprint density at radius 1 is 1.29 bits per heavy atom. The van der Waals surface area contributed by atoms with Gasteiger partial charge >= 0.3 is 0 Å². The van der Waals surface area contributed by atoms with Gasteiger partial charge in [-0.1, -0.05) is 6.07 Å². The minimum absolute atomic E-state index is 0.147. The van der Waals surface area contributed by atoms with Crippen LogP contribution in [0.1, 0.15) is 40.9 Å². The Morgan fingerprint density at radius 2 is 2.17 bits per heavy atom. The highest BCUT2D eigenvalue weighted by molar-refractivity contribution is 7.13. The molecule has 10 nitrogen and oxygen atoms in total. The topological polar surface area (TPSA) is 131 Å². The predicted octanol–water partition coefficient (Wildman–Crippen LogP) is 2.25. The Kier molecular flexibility index (Phi) is 6.32. The second kappa shape index (κ2) is 9.71. The van der Waals surface area contributed by atoms with Gasteiger partial charge in [-0.3, -0.25) is 24.5 Å². The number of piperidine rings is 1. The standard InChI is InChI=1S/C24H22N4O6S/c29-20(25-11-15-13-34-23(26-15)19-2-1-9-35-19)7-8-33-16-3-4-17-14(10-16)12-28(24(17)32)18-5-6-21(30)27-22(18)31/h1-4,9-10,13,18H,5-8,11-12H2,(H,25,29)(H,27,30,31). The van der Waals surface area contributed by atoms with Crippen molar-refractivity contribution in [2.24, 2.45) is 0 Å². The summed E-state index contributed by atoms with van der Waals surface area (Å²) in [5.41, 5.74) is 1.88. The maximum Gasteiger partial charge on any atom is 0.255 e. The van der Waals surface area contributed by atoms with Crippen LogP contribution in [0.5, 0.6) is 5.75 Å². The summed E-state index contributed by atoms with van der Waals surface area (Å²) in [7, 11) is 0. The van der Waals surface area contributed by atoms with E-state index in [1.54, 1.807) is 18.2 Å². The summed E-state index contributed by atoms with van der Waals surface area (Å²) in [6, 6.07) is 8.25. The van der Waals surface area contributed by atoms with Crippen molar-refractivity contribution in [2.45, 2.75) is 38.4 Å². The molecule has 0 spiro atoms. The molecule has 1 fully saturated rings. The van der Waals surface area contributed by atoms with Gasteiger partial charge in [0, 0.05) is 18.5 Å². The molecule has 2 aliphatic rings. The fourth-order valence-electron chi connectivity index (χ4n) is 4.08. The number of ether oxygens (including phenoxy) is 1. The molecule has 1 atom stereocenters. The molecular formula is C24H22N4O6S. The quantitative estimate of drug-likeness (QED) is 0.459. The second-order valence-corrected chi connectivity index (χ2v) is 9.16. The van der Waals surface area contributed by atoms with Crippen LogP contribution in [0.3, 0.4) is 0 Å². The molecule has 4 heterocycles. The number of thiophene rings is 1. The molecule has 1 unspecified atom stereocenters. The van der Waals surface area contributed by atoms with Gasteiger partial charge in [0.2, 0.25) is 23.6 Å². The highest BCUT2D eigenvalue weighted by Gasteiger charge is 2.39. The molecule has 3 aromatic rings. The summed E-state index contributed by atoms with van der Waals surface area (Å²) in [6.07, 6.45) is 2.19. The van der Waals surface area contributed by atoms with Crippen molar-refractivity contribution in [3.63, 3.8) is 0 Å². The molecule has 35 heavy (non-hydrogen) atoms. The molecule has 2 N–H and O–H groups in total. The number of oxazole rings is 1. The fourth-order valence-corrected chi connectivity index (χ4v) is 4.74. The number of carbonyl (C=O) groups is 4. The van der Waals surface area contributed by atoms with Gasteiger partial charge in [-0.15, -0.1) is 11.3 Å². The number of imide groups is 1. The van der Waals surface area contributed by atoms with E-state index in [1.807, 2.05) is 17.5 Å². The number of amides is 4. The molecule has 180 valence electrons. The van der Waals surface area contributed by atoms with Crippen LogP contribution in [0.25, 0.3) is 10.8 Å². The Balaban J connectivity index is 1.10. The average molecular weight is 495 g/mol. The normalized spacial score (nSPS) is 17.3. The second-order valence-electron chi connectivity index (χ2n) is 8.22. The minimum Gasteiger partial charge on any atom is -0.493 e. The highest BCUT2D eigenvalue weighted by Crippen LogP contribution is 2.30. The summed E-state index contributed by atoms with van der Waals surface area (Å²) in [5, 5.41) is 7.02. The molecule has 5 rings (SSSR count). The van der Waals surface area contributed by atoms with E-state index in [0.717, 1.165) is 10.4 Å². The first-order chi connectivity index (χ1) is 17.0. The lowest BCUT2D eigenvalue weighted by Gasteiger charge is -2.29. The number of rotatable bonds is 8. The van der Waals surface area contributed by atoms with E-state index in [-0.39, 0.29) is 50.3 Å². The lowest BCUT2D eigenvalue weighted by atomic mass is 10.0. The highest BCUT2D eigenvalue weighted by atomic mass is 32.1. The molecular weight excluding hydrogens is 472 g/mol. The number of fused-ring (bicyclic) bond motifs is 1. The van der Waals surface area contributed by atoms with Crippen molar-refractivity contribution in [3.05, 3.63) is 58.8 Å². The zero-order chi connectivity index (χ0) is 24.4. The van der Waals surface area contributed by atoms with Crippen LogP contribution in [0.2, 0.25) is 0 Å². The van der Waals surface area contributed by atoms with Crippen LogP contribution >= 0.6 is 11.3 Å². The Bertz CT molecular complexity index is 1280. The molecule has 0 bridgehead atoms. The summed E-state index contributed by atoms with van der Waals surface area (Å²) in [6.45, 7) is 0.683. The van der Waals surface area contributed by atoms with Crippen molar-refractivity contribution in [1.82, 2.24) is 20.5 Å². The summed E-state index contributed by atoms with van der Waals surface area (Å²) in [4.78, 5) is 55.3. The first kappa shape index (κ1) is 22.8. The largest absolute Gasteiger partial charge is 0.493 e. The molecule has 0 aliphatic carbocycles. The van der Waals surface area contributed by atoms with Crippen molar-refractivity contribution in [2.75, 3.05) is 6.61 Å². The van der Waals surface area contributed by atoms with Crippen molar-refractivity contribution >= 4 is 35.0 Å². The minimum atomic E-state index is -0.660. The maximum atomic E-state index is 12.8. The van der Waals surface area contributed by atoms with Crippen LogP contribution in [-0.4, -0.2) is 46.2 Å². The molecule has 0 saturated carbocycles.